The molecule has 1 aromatic rings. The van der Waals surface area contributed by atoms with Crippen LogP contribution in [0.3, 0.4) is 0 Å². The van der Waals surface area contributed by atoms with Crippen molar-refractivity contribution in [3.63, 3.8) is 0 Å². The van der Waals surface area contributed by atoms with E-state index in [0.29, 0.717) is 0 Å². The Morgan fingerprint density at radius 1 is 1.37 bits per heavy atom. The summed E-state index contributed by atoms with van der Waals surface area (Å²) in [5.74, 6) is 0.937. The monoisotopic (exact) mass is 344 g/mol. The first kappa shape index (κ1) is 15.5. The van der Waals surface area contributed by atoms with Gasteiger partial charge in [-0.3, -0.25) is 0 Å². The fraction of sp³-hybridized carbons (Fsp3) is 0.733. The first-order chi connectivity index (χ1) is 9.24. The number of nitrogens with zero attached hydrogens (tertiary/aromatic N) is 1. The van der Waals surface area contributed by atoms with Gasteiger partial charge in [0.2, 0.25) is 0 Å². The van der Waals surface area contributed by atoms with Crippen LogP contribution >= 0.6 is 27.3 Å². The van der Waals surface area contributed by atoms with Crippen LogP contribution < -0.4 is 5.32 Å². The van der Waals surface area contributed by atoms with Gasteiger partial charge in [0, 0.05) is 34.4 Å². The molecule has 1 aliphatic carbocycles. The third kappa shape index (κ3) is 5.94. The van der Waals surface area contributed by atoms with Crippen molar-refractivity contribution in [2.45, 2.75) is 38.6 Å². The van der Waals surface area contributed by atoms with Crippen molar-refractivity contribution in [3.05, 3.63) is 20.8 Å². The number of likely N-dealkylation sites (N-methyl/N-ethyl adjacent to an activating group) is 1. The Bertz CT molecular complexity index is 361. The van der Waals surface area contributed by atoms with E-state index in [0.717, 1.165) is 25.6 Å². The van der Waals surface area contributed by atoms with Gasteiger partial charge in [-0.1, -0.05) is 19.3 Å². The first-order valence-corrected chi connectivity index (χ1v) is 9.03. The van der Waals surface area contributed by atoms with Gasteiger partial charge in [0.1, 0.15) is 0 Å². The second kappa shape index (κ2) is 8.40. The summed E-state index contributed by atoms with van der Waals surface area (Å²) >= 11 is 5.34. The normalized spacial score (nSPS) is 17.2. The predicted molar refractivity (Wildman–Crippen MR) is 87.8 cm³/mol. The Morgan fingerprint density at radius 3 is 2.84 bits per heavy atom. The van der Waals surface area contributed by atoms with Gasteiger partial charge in [-0.15, -0.1) is 11.3 Å². The second-order valence-electron chi connectivity index (χ2n) is 5.68. The van der Waals surface area contributed by atoms with Crippen LogP contribution in [0.15, 0.2) is 15.9 Å². The molecule has 19 heavy (non-hydrogen) atoms. The molecule has 4 heteroatoms. The molecule has 2 rings (SSSR count). The van der Waals surface area contributed by atoms with Crippen molar-refractivity contribution in [2.75, 3.05) is 26.7 Å². The zero-order valence-corrected chi connectivity index (χ0v) is 14.2. The van der Waals surface area contributed by atoms with E-state index in [1.807, 2.05) is 11.3 Å². The quantitative estimate of drug-likeness (QED) is 0.748. The van der Waals surface area contributed by atoms with E-state index >= 15 is 0 Å². The summed E-state index contributed by atoms with van der Waals surface area (Å²) in [6, 6.07) is 2.22. The van der Waals surface area contributed by atoms with E-state index in [9.17, 15) is 0 Å². The number of rotatable bonds is 7. The standard InChI is InChI=1S/C15H25BrN2S/c1-18(11-15-9-14(16)12-19-15)8-7-17-10-13-5-3-2-4-6-13/h9,12-13,17H,2-8,10-11H2,1H3. The number of nitrogens with one attached hydrogen (secondary N) is 1. The molecule has 0 saturated heterocycles. The van der Waals surface area contributed by atoms with Crippen LogP contribution in [0.5, 0.6) is 0 Å². The molecule has 1 aromatic heterocycles. The van der Waals surface area contributed by atoms with Crippen LogP contribution in [0, 0.1) is 5.92 Å². The number of hydrogen-bond acceptors (Lipinski definition) is 3. The molecule has 1 aliphatic rings. The van der Waals surface area contributed by atoms with E-state index < -0.39 is 0 Å². The smallest absolute Gasteiger partial charge is 0.0325 e. The summed E-state index contributed by atoms with van der Waals surface area (Å²) < 4.78 is 1.20. The Balaban J connectivity index is 1.54. The minimum atomic E-state index is 0.937. The summed E-state index contributed by atoms with van der Waals surface area (Å²) in [6.45, 7) is 4.52. The van der Waals surface area contributed by atoms with Gasteiger partial charge < -0.3 is 10.2 Å². The molecule has 0 spiro atoms. The molecule has 1 fully saturated rings. The third-order valence-electron chi connectivity index (χ3n) is 3.88. The molecular formula is C15H25BrN2S. The first-order valence-electron chi connectivity index (χ1n) is 7.36. The third-order valence-corrected chi connectivity index (χ3v) is 5.56. The molecule has 1 N–H and O–H groups in total. The molecular weight excluding hydrogens is 320 g/mol. The molecule has 0 aromatic carbocycles. The van der Waals surface area contributed by atoms with Crippen LogP contribution in [-0.4, -0.2) is 31.6 Å². The second-order valence-corrected chi connectivity index (χ2v) is 7.59. The number of thiophene rings is 1. The van der Waals surface area contributed by atoms with Crippen LogP contribution in [0.4, 0.5) is 0 Å². The maximum Gasteiger partial charge on any atom is 0.0325 e. The lowest BCUT2D eigenvalue weighted by atomic mass is 9.89. The Morgan fingerprint density at radius 2 is 2.16 bits per heavy atom. The molecule has 0 atom stereocenters. The average Bonchev–Trinajstić information content (AvgIpc) is 2.81. The molecule has 0 aliphatic heterocycles. The SMILES string of the molecule is CN(CCNCC1CCCCC1)Cc1cc(Br)cs1. The minimum Gasteiger partial charge on any atom is -0.315 e. The van der Waals surface area contributed by atoms with E-state index in [1.54, 1.807) is 0 Å². The highest BCUT2D eigenvalue weighted by Crippen LogP contribution is 2.22. The molecule has 1 heterocycles. The van der Waals surface area contributed by atoms with Crippen LogP contribution in [0.25, 0.3) is 0 Å². The van der Waals surface area contributed by atoms with Crippen LogP contribution in [0.1, 0.15) is 37.0 Å². The summed E-state index contributed by atoms with van der Waals surface area (Å²) in [7, 11) is 2.20. The molecule has 1 saturated carbocycles. The van der Waals surface area contributed by atoms with E-state index in [4.69, 9.17) is 0 Å². The molecule has 0 unspecified atom stereocenters. The van der Waals surface area contributed by atoms with Crippen molar-refractivity contribution in [1.82, 2.24) is 10.2 Å². The summed E-state index contributed by atoms with van der Waals surface area (Å²) in [6.07, 6.45) is 7.22. The molecule has 0 radical (unpaired) electrons. The summed E-state index contributed by atoms with van der Waals surface area (Å²) in [5, 5.41) is 5.79. The zero-order valence-electron chi connectivity index (χ0n) is 11.8. The molecule has 0 bridgehead atoms. The highest BCUT2D eigenvalue weighted by Gasteiger charge is 2.12. The minimum absolute atomic E-state index is 0.937. The highest BCUT2D eigenvalue weighted by atomic mass is 79.9. The topological polar surface area (TPSA) is 15.3 Å². The van der Waals surface area contributed by atoms with Crippen molar-refractivity contribution in [1.29, 1.82) is 0 Å². The largest absolute Gasteiger partial charge is 0.315 e. The van der Waals surface area contributed by atoms with Crippen molar-refractivity contribution in [2.24, 2.45) is 5.92 Å². The zero-order chi connectivity index (χ0) is 13.5. The summed E-state index contributed by atoms with van der Waals surface area (Å²) in [5.41, 5.74) is 0. The molecule has 108 valence electrons. The van der Waals surface area contributed by atoms with Gasteiger partial charge in [0.25, 0.3) is 0 Å². The van der Waals surface area contributed by atoms with Gasteiger partial charge >= 0.3 is 0 Å². The Hall–Kier alpha value is 0.1000. The maximum absolute atomic E-state index is 3.63. The molecule has 2 nitrogen and oxygen atoms in total. The van der Waals surface area contributed by atoms with Crippen LogP contribution in [0.2, 0.25) is 0 Å². The fourth-order valence-corrected chi connectivity index (χ4v) is 4.28. The van der Waals surface area contributed by atoms with E-state index in [1.165, 1.54) is 48.0 Å². The lowest BCUT2D eigenvalue weighted by Gasteiger charge is -2.22. The Kier molecular flexibility index (Phi) is 6.85. The predicted octanol–water partition coefficient (Wildman–Crippen LogP) is 4.11. The van der Waals surface area contributed by atoms with Crippen molar-refractivity contribution in [3.8, 4) is 0 Å². The fourth-order valence-electron chi connectivity index (χ4n) is 2.75. The van der Waals surface area contributed by atoms with Crippen molar-refractivity contribution >= 4 is 27.3 Å². The van der Waals surface area contributed by atoms with E-state index in [2.05, 4.69) is 44.6 Å². The number of halogens is 1. The lowest BCUT2D eigenvalue weighted by molar-refractivity contribution is 0.305. The van der Waals surface area contributed by atoms with Gasteiger partial charge in [-0.2, -0.15) is 0 Å². The number of hydrogen-bond donors (Lipinski definition) is 1. The highest BCUT2D eigenvalue weighted by molar-refractivity contribution is 9.10. The van der Waals surface area contributed by atoms with Gasteiger partial charge in [0.15, 0.2) is 0 Å². The molecule has 0 amide bonds. The van der Waals surface area contributed by atoms with Gasteiger partial charge in [-0.05, 0) is 54.3 Å². The van der Waals surface area contributed by atoms with Gasteiger partial charge in [0.05, 0.1) is 0 Å². The lowest BCUT2D eigenvalue weighted by Crippen LogP contribution is -2.32. The van der Waals surface area contributed by atoms with Crippen molar-refractivity contribution < 1.29 is 0 Å². The average molecular weight is 345 g/mol. The maximum atomic E-state index is 3.63. The van der Waals surface area contributed by atoms with Gasteiger partial charge in [-0.25, -0.2) is 0 Å². The van der Waals surface area contributed by atoms with E-state index in [-0.39, 0.29) is 0 Å². The Labute approximate surface area is 129 Å². The van der Waals surface area contributed by atoms with Crippen LogP contribution in [-0.2, 0) is 6.54 Å². The summed E-state index contributed by atoms with van der Waals surface area (Å²) in [4.78, 5) is 3.83.